The molecule has 3 aromatic rings. The Morgan fingerprint density at radius 1 is 1.00 bits per heavy atom. The number of guanidine groups is 1. The van der Waals surface area contributed by atoms with Gasteiger partial charge >= 0.3 is 0 Å². The fraction of sp³-hybridized carbons (Fsp3) is 0.304. The first-order valence-electron chi connectivity index (χ1n) is 10.0. The van der Waals surface area contributed by atoms with Crippen molar-refractivity contribution in [2.45, 2.75) is 26.6 Å². The second-order valence-corrected chi connectivity index (χ2v) is 6.70. The first-order chi connectivity index (χ1) is 14.7. The number of ether oxygens (including phenoxy) is 2. The highest BCUT2D eigenvalue weighted by atomic mass is 16.5. The Morgan fingerprint density at radius 2 is 1.80 bits per heavy atom. The molecule has 158 valence electrons. The molecule has 0 atom stereocenters. The fourth-order valence-corrected chi connectivity index (χ4v) is 3.09. The van der Waals surface area contributed by atoms with Gasteiger partial charge in [0, 0.05) is 25.5 Å². The van der Waals surface area contributed by atoms with Crippen molar-refractivity contribution in [1.82, 2.24) is 20.2 Å². The molecule has 3 rings (SSSR count). The molecule has 0 radical (unpaired) electrons. The van der Waals surface area contributed by atoms with Gasteiger partial charge in [-0.2, -0.15) is 0 Å². The Labute approximate surface area is 177 Å². The molecule has 1 heterocycles. The summed E-state index contributed by atoms with van der Waals surface area (Å²) in [6.45, 7) is 4.71. The van der Waals surface area contributed by atoms with Crippen molar-refractivity contribution >= 4 is 5.96 Å². The molecule has 2 N–H and O–H groups in total. The van der Waals surface area contributed by atoms with Gasteiger partial charge in [0.05, 0.1) is 27.3 Å². The van der Waals surface area contributed by atoms with E-state index in [-0.39, 0.29) is 0 Å². The number of hydrogen-bond acceptors (Lipinski definition) is 4. The van der Waals surface area contributed by atoms with Gasteiger partial charge in [-0.15, -0.1) is 0 Å². The number of methoxy groups -OCH3 is 2. The first-order valence-corrected chi connectivity index (χ1v) is 10.0. The largest absolute Gasteiger partial charge is 0.493 e. The first kappa shape index (κ1) is 21.2. The molecule has 0 saturated carbocycles. The van der Waals surface area contributed by atoms with E-state index in [9.17, 15) is 0 Å². The predicted octanol–water partition coefficient (Wildman–Crippen LogP) is 3.20. The number of benzene rings is 2. The van der Waals surface area contributed by atoms with Crippen LogP contribution >= 0.6 is 0 Å². The van der Waals surface area contributed by atoms with Crippen LogP contribution in [0.2, 0.25) is 0 Å². The highest BCUT2D eigenvalue weighted by Crippen LogP contribution is 2.27. The Morgan fingerprint density at radius 3 is 2.53 bits per heavy atom. The van der Waals surface area contributed by atoms with E-state index in [0.717, 1.165) is 30.4 Å². The van der Waals surface area contributed by atoms with Crippen molar-refractivity contribution in [2.24, 2.45) is 4.99 Å². The van der Waals surface area contributed by atoms with E-state index in [1.165, 1.54) is 5.56 Å². The molecule has 0 amide bonds. The van der Waals surface area contributed by atoms with E-state index in [1.54, 1.807) is 14.2 Å². The van der Waals surface area contributed by atoms with Crippen molar-refractivity contribution in [3.63, 3.8) is 0 Å². The number of hydrogen-bond donors (Lipinski definition) is 2. The zero-order chi connectivity index (χ0) is 21.2. The molecule has 0 saturated heterocycles. The van der Waals surface area contributed by atoms with Crippen molar-refractivity contribution in [3.05, 3.63) is 77.9 Å². The zero-order valence-electron chi connectivity index (χ0n) is 17.8. The highest BCUT2D eigenvalue weighted by molar-refractivity contribution is 5.79. The number of nitrogens with zero attached hydrogens (tertiary/aromatic N) is 3. The lowest BCUT2D eigenvalue weighted by atomic mass is 10.2. The van der Waals surface area contributed by atoms with E-state index in [1.807, 2.05) is 55.7 Å². The summed E-state index contributed by atoms with van der Waals surface area (Å²) in [7, 11) is 3.26. The van der Waals surface area contributed by atoms with Gasteiger partial charge in [0.2, 0.25) is 0 Å². The predicted molar refractivity (Wildman–Crippen MR) is 119 cm³/mol. The standard InChI is InChI=1S/C23H29N5O2/c1-4-24-23(26-15-19-10-11-20(29-2)21(14-19)30-3)27-16-22-25-12-13-28(22)17-18-8-6-5-7-9-18/h5-14H,4,15-17H2,1-3H3,(H2,24,26,27). The van der Waals surface area contributed by atoms with Crippen molar-refractivity contribution in [3.8, 4) is 11.5 Å². The summed E-state index contributed by atoms with van der Waals surface area (Å²) in [5.41, 5.74) is 2.28. The number of rotatable bonds is 9. The minimum absolute atomic E-state index is 0.522. The van der Waals surface area contributed by atoms with E-state index in [2.05, 4.69) is 37.3 Å². The summed E-state index contributed by atoms with van der Waals surface area (Å²) in [6, 6.07) is 16.2. The summed E-state index contributed by atoms with van der Waals surface area (Å²) in [5.74, 6) is 3.10. The molecule has 2 aromatic carbocycles. The van der Waals surface area contributed by atoms with Crippen LogP contribution < -0.4 is 20.1 Å². The van der Waals surface area contributed by atoms with Gasteiger partial charge in [-0.3, -0.25) is 0 Å². The SMILES string of the molecule is CCNC(=NCc1ccc(OC)c(OC)c1)NCc1nccn1Cc1ccccc1. The molecular formula is C23H29N5O2. The average Bonchev–Trinajstić information content (AvgIpc) is 3.23. The van der Waals surface area contributed by atoms with Gasteiger partial charge in [0.1, 0.15) is 5.82 Å². The van der Waals surface area contributed by atoms with Crippen molar-refractivity contribution in [2.75, 3.05) is 20.8 Å². The normalized spacial score (nSPS) is 11.2. The Balaban J connectivity index is 1.64. The maximum absolute atomic E-state index is 5.37. The van der Waals surface area contributed by atoms with Gasteiger partial charge in [0.15, 0.2) is 17.5 Å². The Kier molecular flexibility index (Phi) is 7.71. The van der Waals surface area contributed by atoms with Crippen LogP contribution in [-0.2, 0) is 19.6 Å². The molecule has 0 bridgehead atoms. The van der Waals surface area contributed by atoms with Crippen molar-refractivity contribution < 1.29 is 9.47 Å². The van der Waals surface area contributed by atoms with Crippen LogP contribution in [0, 0.1) is 0 Å². The third kappa shape index (κ3) is 5.76. The minimum Gasteiger partial charge on any atom is -0.493 e. The van der Waals surface area contributed by atoms with Crippen LogP contribution in [0.3, 0.4) is 0 Å². The monoisotopic (exact) mass is 407 g/mol. The van der Waals surface area contributed by atoms with Crippen LogP contribution in [0.5, 0.6) is 11.5 Å². The van der Waals surface area contributed by atoms with Crippen LogP contribution in [0.25, 0.3) is 0 Å². The highest BCUT2D eigenvalue weighted by Gasteiger charge is 2.07. The van der Waals surface area contributed by atoms with Gasteiger partial charge in [0.25, 0.3) is 0 Å². The third-order valence-electron chi connectivity index (χ3n) is 4.62. The maximum Gasteiger partial charge on any atom is 0.191 e. The lowest BCUT2D eigenvalue weighted by Crippen LogP contribution is -2.37. The Hall–Kier alpha value is -3.48. The van der Waals surface area contributed by atoms with Crippen molar-refractivity contribution in [1.29, 1.82) is 0 Å². The van der Waals surface area contributed by atoms with Crippen LogP contribution in [0.1, 0.15) is 23.9 Å². The van der Waals surface area contributed by atoms with Gasteiger partial charge in [-0.25, -0.2) is 9.98 Å². The van der Waals surface area contributed by atoms with Crippen LogP contribution in [-0.4, -0.2) is 36.3 Å². The topological polar surface area (TPSA) is 72.7 Å². The second-order valence-electron chi connectivity index (χ2n) is 6.70. The molecule has 0 fully saturated rings. The van der Waals surface area contributed by atoms with Gasteiger partial charge in [-0.05, 0) is 30.2 Å². The maximum atomic E-state index is 5.37. The summed E-state index contributed by atoms with van der Waals surface area (Å²) in [4.78, 5) is 9.18. The number of imidazole rings is 1. The number of aromatic nitrogens is 2. The Bertz CT molecular complexity index is 953. The number of aliphatic imine (C=N–C) groups is 1. The van der Waals surface area contributed by atoms with Gasteiger partial charge in [-0.1, -0.05) is 36.4 Å². The van der Waals surface area contributed by atoms with E-state index in [4.69, 9.17) is 9.47 Å². The van der Waals surface area contributed by atoms with E-state index < -0.39 is 0 Å². The third-order valence-corrected chi connectivity index (χ3v) is 4.62. The lowest BCUT2D eigenvalue weighted by molar-refractivity contribution is 0.354. The summed E-state index contributed by atoms with van der Waals surface area (Å²) >= 11 is 0. The molecule has 1 aromatic heterocycles. The lowest BCUT2D eigenvalue weighted by Gasteiger charge is -2.13. The molecule has 7 nitrogen and oxygen atoms in total. The molecule has 0 spiro atoms. The van der Waals surface area contributed by atoms with E-state index in [0.29, 0.717) is 24.6 Å². The average molecular weight is 408 g/mol. The zero-order valence-corrected chi connectivity index (χ0v) is 17.8. The van der Waals surface area contributed by atoms with E-state index >= 15 is 0 Å². The fourth-order valence-electron chi connectivity index (χ4n) is 3.09. The molecule has 0 aliphatic rings. The second kappa shape index (κ2) is 10.9. The molecule has 0 aliphatic heterocycles. The smallest absolute Gasteiger partial charge is 0.191 e. The molecular weight excluding hydrogens is 378 g/mol. The summed E-state index contributed by atoms with van der Waals surface area (Å²) < 4.78 is 12.8. The quantitative estimate of drug-likeness (QED) is 0.421. The van der Waals surface area contributed by atoms with Crippen LogP contribution in [0.15, 0.2) is 65.9 Å². The molecule has 7 heteroatoms. The number of nitrogens with one attached hydrogen (secondary N) is 2. The summed E-state index contributed by atoms with van der Waals surface area (Å²) in [5, 5.41) is 6.65. The van der Waals surface area contributed by atoms with Crippen LogP contribution in [0.4, 0.5) is 0 Å². The molecule has 0 unspecified atom stereocenters. The molecule has 0 aliphatic carbocycles. The van der Waals surface area contributed by atoms with Gasteiger partial charge < -0.3 is 24.7 Å². The summed E-state index contributed by atoms with van der Waals surface area (Å²) in [6.07, 6.45) is 3.82. The molecule has 30 heavy (non-hydrogen) atoms. The minimum atomic E-state index is 0.522.